The summed E-state index contributed by atoms with van der Waals surface area (Å²) in [6, 6.07) is 0. The molecule has 0 radical (unpaired) electrons. The highest BCUT2D eigenvalue weighted by Crippen LogP contribution is 2.44. The largest absolute Gasteiger partial charge is 0.432 e. The normalized spacial score (nSPS) is 18.7. The molecule has 0 aliphatic carbocycles. The van der Waals surface area contributed by atoms with E-state index in [4.69, 9.17) is 15.0 Å². The van der Waals surface area contributed by atoms with Gasteiger partial charge in [-0.05, 0) is 0 Å². The summed E-state index contributed by atoms with van der Waals surface area (Å²) in [5, 5.41) is 8.55. The van der Waals surface area contributed by atoms with Crippen LogP contribution in [0.25, 0.3) is 0 Å². The number of hydrogen-bond acceptors (Lipinski definition) is 4. The quantitative estimate of drug-likeness (QED) is 0.371. The summed E-state index contributed by atoms with van der Waals surface area (Å²) in [5.41, 5.74) is 0. The van der Waals surface area contributed by atoms with Gasteiger partial charge >= 0.3 is 16.0 Å². The molecule has 0 spiro atoms. The maximum absolute atomic E-state index is 10.0. The van der Waals surface area contributed by atoms with Crippen molar-refractivity contribution < 1.29 is 28.4 Å². The lowest BCUT2D eigenvalue weighted by Crippen LogP contribution is -2.02. The molecule has 0 aliphatic rings. The molecule has 10 heavy (non-hydrogen) atoms. The minimum Gasteiger partial charge on any atom is -0.326 e. The summed E-state index contributed by atoms with van der Waals surface area (Å²) in [7, 11) is -7.93. The predicted octanol–water partition coefficient (Wildman–Crippen LogP) is 0.100. The standard InChI is InChI=1S/CH4.H5NO6P2/c;2-1-9(5,6)7-8(3)4/h1H4;2,8H,(H,3,4)(H2,1,5,6). The first-order valence-corrected chi connectivity index (χ1v) is 4.49. The van der Waals surface area contributed by atoms with Crippen LogP contribution in [0.5, 0.6) is 0 Å². The monoisotopic (exact) mass is 193 g/mol. The van der Waals surface area contributed by atoms with Crippen molar-refractivity contribution in [2.24, 2.45) is 0 Å². The van der Waals surface area contributed by atoms with Crippen LogP contribution in [0.2, 0.25) is 0 Å². The van der Waals surface area contributed by atoms with Gasteiger partial charge in [-0.15, -0.1) is 5.25 Å². The van der Waals surface area contributed by atoms with E-state index < -0.39 is 16.0 Å². The van der Waals surface area contributed by atoms with Crippen LogP contribution in [0.3, 0.4) is 0 Å². The van der Waals surface area contributed by atoms with Crippen LogP contribution in [0.15, 0.2) is 0 Å². The summed E-state index contributed by atoms with van der Waals surface area (Å²) in [6.45, 7) is 0. The van der Waals surface area contributed by atoms with E-state index in [1.54, 1.807) is 0 Å². The smallest absolute Gasteiger partial charge is 0.326 e. The molecule has 0 saturated heterocycles. The van der Waals surface area contributed by atoms with Gasteiger partial charge in [0.1, 0.15) is 0 Å². The van der Waals surface area contributed by atoms with Crippen molar-refractivity contribution in [2.75, 3.05) is 0 Å². The minimum absolute atomic E-state index is 0. The third kappa shape index (κ3) is 6.38. The SMILES string of the molecule is C.O=[PH](O)OP(=O)(O)NO. The zero-order chi connectivity index (χ0) is 7.49. The van der Waals surface area contributed by atoms with Gasteiger partial charge in [0.25, 0.3) is 0 Å². The summed E-state index contributed by atoms with van der Waals surface area (Å²) >= 11 is 0. The van der Waals surface area contributed by atoms with E-state index in [2.05, 4.69) is 4.31 Å². The van der Waals surface area contributed by atoms with Crippen molar-refractivity contribution in [2.45, 2.75) is 7.43 Å². The third-order valence-corrected chi connectivity index (χ3v) is 2.20. The summed E-state index contributed by atoms with van der Waals surface area (Å²) in [6.07, 6.45) is 0. The Hall–Kier alpha value is 0.260. The second-order valence-electron chi connectivity index (χ2n) is 0.978. The van der Waals surface area contributed by atoms with E-state index in [0.717, 1.165) is 5.25 Å². The molecule has 0 bridgehead atoms. The first kappa shape index (κ1) is 12.9. The lowest BCUT2D eigenvalue weighted by atomic mass is 12.0. The van der Waals surface area contributed by atoms with E-state index in [9.17, 15) is 9.13 Å². The first-order valence-electron chi connectivity index (χ1n) is 1.64. The van der Waals surface area contributed by atoms with Crippen LogP contribution in [-0.2, 0) is 13.4 Å². The Labute approximate surface area is 58.1 Å². The zero-order valence-corrected chi connectivity index (χ0v) is 5.91. The fraction of sp³-hybridized carbons (Fsp3) is 1.00. The molecule has 0 aromatic carbocycles. The molecule has 0 aliphatic heterocycles. The van der Waals surface area contributed by atoms with Crippen LogP contribution < -0.4 is 5.25 Å². The van der Waals surface area contributed by atoms with E-state index in [-0.39, 0.29) is 7.43 Å². The fourth-order valence-electron chi connectivity index (χ4n) is 0.126. The molecule has 64 valence electrons. The third-order valence-electron chi connectivity index (χ3n) is 0.328. The molecule has 2 atom stereocenters. The minimum atomic E-state index is -4.44. The first-order chi connectivity index (χ1) is 3.98. The Morgan fingerprint density at radius 1 is 1.60 bits per heavy atom. The Balaban J connectivity index is 0. The van der Waals surface area contributed by atoms with E-state index in [1.807, 2.05) is 0 Å². The second kappa shape index (κ2) is 4.98. The van der Waals surface area contributed by atoms with Crippen molar-refractivity contribution in [3.63, 3.8) is 0 Å². The van der Waals surface area contributed by atoms with E-state index in [0.29, 0.717) is 0 Å². The van der Waals surface area contributed by atoms with Gasteiger partial charge in [-0.3, -0.25) is 4.57 Å². The van der Waals surface area contributed by atoms with Crippen molar-refractivity contribution in [1.82, 2.24) is 5.25 Å². The van der Waals surface area contributed by atoms with Crippen LogP contribution >= 0.6 is 16.0 Å². The number of nitrogens with one attached hydrogen (secondary N) is 1. The average Bonchev–Trinajstić information content (AvgIpc) is 1.63. The van der Waals surface area contributed by atoms with Gasteiger partial charge in [-0.1, -0.05) is 7.43 Å². The van der Waals surface area contributed by atoms with Gasteiger partial charge in [0.05, 0.1) is 0 Å². The highest BCUT2D eigenvalue weighted by Gasteiger charge is 2.19. The van der Waals surface area contributed by atoms with Crippen LogP contribution in [0, 0.1) is 0 Å². The Bertz CT molecular complexity index is 156. The van der Waals surface area contributed by atoms with Crippen molar-refractivity contribution >= 4 is 16.0 Å². The molecule has 9 heteroatoms. The Kier molecular flexibility index (Phi) is 6.43. The molecule has 0 fully saturated rings. The van der Waals surface area contributed by atoms with Crippen molar-refractivity contribution in [1.29, 1.82) is 0 Å². The highest BCUT2D eigenvalue weighted by atomic mass is 31.2. The Morgan fingerprint density at radius 2 is 2.00 bits per heavy atom. The fourth-order valence-corrected chi connectivity index (χ4v) is 1.14. The van der Waals surface area contributed by atoms with Crippen LogP contribution in [-0.4, -0.2) is 15.0 Å². The van der Waals surface area contributed by atoms with E-state index >= 15 is 0 Å². The molecule has 0 saturated carbocycles. The molecule has 0 rings (SSSR count). The molecular weight excluding hydrogens is 184 g/mol. The van der Waals surface area contributed by atoms with Gasteiger partial charge in [0, 0.05) is 0 Å². The van der Waals surface area contributed by atoms with Crippen molar-refractivity contribution in [3.05, 3.63) is 0 Å². The molecule has 0 heterocycles. The highest BCUT2D eigenvalue weighted by molar-refractivity contribution is 7.57. The second-order valence-corrected chi connectivity index (χ2v) is 3.48. The molecular formula is CH9NO6P2. The van der Waals surface area contributed by atoms with E-state index in [1.165, 1.54) is 0 Å². The molecule has 0 aromatic rings. The van der Waals surface area contributed by atoms with Crippen molar-refractivity contribution in [3.8, 4) is 0 Å². The maximum atomic E-state index is 10.0. The Morgan fingerprint density at radius 3 is 2.10 bits per heavy atom. The summed E-state index contributed by atoms with van der Waals surface area (Å²) in [4.78, 5) is 16.0. The molecule has 2 unspecified atom stereocenters. The van der Waals surface area contributed by atoms with Gasteiger partial charge in [0.2, 0.25) is 0 Å². The van der Waals surface area contributed by atoms with Crippen LogP contribution in [0.1, 0.15) is 7.43 Å². The van der Waals surface area contributed by atoms with Gasteiger partial charge in [-0.2, -0.15) is 0 Å². The summed E-state index contributed by atoms with van der Waals surface area (Å²) in [5.74, 6) is 0. The molecule has 4 N–H and O–H groups in total. The molecule has 0 aromatic heterocycles. The average molecular weight is 193 g/mol. The maximum Gasteiger partial charge on any atom is 0.432 e. The summed E-state index contributed by atoms with van der Waals surface area (Å²) < 4.78 is 23.1. The van der Waals surface area contributed by atoms with Gasteiger partial charge in [0.15, 0.2) is 0 Å². The predicted molar refractivity (Wildman–Crippen MR) is 33.8 cm³/mol. The van der Waals surface area contributed by atoms with Crippen LogP contribution in [0.4, 0.5) is 0 Å². The topological polar surface area (TPSA) is 116 Å². The lowest BCUT2D eigenvalue weighted by molar-refractivity contribution is 0.195. The zero-order valence-electron chi connectivity index (χ0n) is 4.01. The molecule has 0 amide bonds. The lowest BCUT2D eigenvalue weighted by Gasteiger charge is -2.03. The van der Waals surface area contributed by atoms with Gasteiger partial charge in [-0.25, -0.2) is 8.88 Å². The molecule has 7 nitrogen and oxygen atoms in total. The number of hydrogen-bond donors (Lipinski definition) is 4. The van der Waals surface area contributed by atoms with Gasteiger partial charge < -0.3 is 15.0 Å². The number of rotatable bonds is 3.